The summed E-state index contributed by atoms with van der Waals surface area (Å²) in [5.74, 6) is 0.422. The van der Waals surface area contributed by atoms with Crippen molar-refractivity contribution in [3.63, 3.8) is 0 Å². The average molecular weight is 141 g/mol. The van der Waals surface area contributed by atoms with E-state index in [9.17, 15) is 4.79 Å². The summed E-state index contributed by atoms with van der Waals surface area (Å²) in [6.07, 6.45) is 1.51. The van der Waals surface area contributed by atoms with Crippen LogP contribution in [0.5, 0.6) is 0 Å². The Hall–Kier alpha value is -1.06. The average Bonchev–Trinajstić information content (AvgIpc) is 2.34. The van der Waals surface area contributed by atoms with Crippen molar-refractivity contribution < 1.29 is 4.79 Å². The van der Waals surface area contributed by atoms with Crippen LogP contribution >= 0.6 is 0 Å². The molecule has 1 fully saturated rings. The molecule has 0 aromatic heterocycles. The molecule has 0 radical (unpaired) electrons. The number of aliphatic imine (C=N–C) groups is 1. The molecule has 56 valence electrons. The van der Waals surface area contributed by atoms with Gasteiger partial charge in [-0.1, -0.05) is 0 Å². The van der Waals surface area contributed by atoms with Crippen molar-refractivity contribution in [2.45, 2.75) is 12.8 Å². The van der Waals surface area contributed by atoms with Gasteiger partial charge in [-0.3, -0.25) is 14.7 Å². The van der Waals surface area contributed by atoms with E-state index in [1.807, 2.05) is 0 Å². The quantitative estimate of drug-likeness (QED) is 0.367. The van der Waals surface area contributed by atoms with Crippen LogP contribution < -0.4 is 5.73 Å². The standard InChI is InChI=1S/C6H11N3O/c1-8-6(7)9-4-2-3-5(9)10/h2-4H2,1H3,(H2,7,8). The summed E-state index contributed by atoms with van der Waals surface area (Å²) >= 11 is 0. The molecule has 1 saturated heterocycles. The smallest absolute Gasteiger partial charge is 0.229 e. The molecule has 0 spiro atoms. The third-order valence-corrected chi connectivity index (χ3v) is 1.58. The van der Waals surface area contributed by atoms with Gasteiger partial charge in [0.25, 0.3) is 0 Å². The molecular weight excluding hydrogens is 130 g/mol. The Labute approximate surface area is 59.7 Å². The minimum absolute atomic E-state index is 0.0862. The van der Waals surface area contributed by atoms with Crippen LogP contribution in [0.25, 0.3) is 0 Å². The molecule has 0 atom stereocenters. The number of hydrogen-bond acceptors (Lipinski definition) is 2. The monoisotopic (exact) mass is 141 g/mol. The fourth-order valence-electron chi connectivity index (χ4n) is 1.01. The Kier molecular flexibility index (Phi) is 1.89. The Morgan fingerprint density at radius 1 is 1.80 bits per heavy atom. The number of carbonyl (C=O) groups excluding carboxylic acids is 1. The van der Waals surface area contributed by atoms with Gasteiger partial charge < -0.3 is 5.73 Å². The summed E-state index contributed by atoms with van der Waals surface area (Å²) in [5, 5.41) is 0. The fraction of sp³-hybridized carbons (Fsp3) is 0.667. The molecule has 10 heavy (non-hydrogen) atoms. The maximum Gasteiger partial charge on any atom is 0.229 e. The summed E-state index contributed by atoms with van der Waals surface area (Å²) in [5.41, 5.74) is 5.42. The number of hydrogen-bond donors (Lipinski definition) is 1. The SMILES string of the molecule is CN=C(N)N1CCCC1=O. The number of guanidine groups is 1. The van der Waals surface area contributed by atoms with Crippen molar-refractivity contribution in [3.05, 3.63) is 0 Å². The Morgan fingerprint density at radius 3 is 2.90 bits per heavy atom. The van der Waals surface area contributed by atoms with Crippen LogP contribution in [0.2, 0.25) is 0 Å². The first kappa shape index (κ1) is 7.05. The lowest BCUT2D eigenvalue weighted by Crippen LogP contribution is -2.37. The van der Waals surface area contributed by atoms with E-state index in [4.69, 9.17) is 5.73 Å². The van der Waals surface area contributed by atoms with Gasteiger partial charge in [0.15, 0.2) is 5.96 Å². The third-order valence-electron chi connectivity index (χ3n) is 1.58. The van der Waals surface area contributed by atoms with Gasteiger partial charge in [-0.15, -0.1) is 0 Å². The van der Waals surface area contributed by atoms with Crippen LogP contribution in [0.15, 0.2) is 4.99 Å². The van der Waals surface area contributed by atoms with Gasteiger partial charge in [-0.05, 0) is 6.42 Å². The molecule has 0 bridgehead atoms. The zero-order valence-electron chi connectivity index (χ0n) is 6.00. The van der Waals surface area contributed by atoms with E-state index < -0.39 is 0 Å². The van der Waals surface area contributed by atoms with Crippen LogP contribution in [0.1, 0.15) is 12.8 Å². The highest BCUT2D eigenvalue weighted by molar-refractivity contribution is 5.97. The second-order valence-electron chi connectivity index (χ2n) is 2.23. The van der Waals surface area contributed by atoms with E-state index in [0.29, 0.717) is 12.4 Å². The van der Waals surface area contributed by atoms with Gasteiger partial charge in [-0.2, -0.15) is 0 Å². The highest BCUT2D eigenvalue weighted by Gasteiger charge is 2.22. The van der Waals surface area contributed by atoms with E-state index in [1.165, 1.54) is 4.90 Å². The van der Waals surface area contributed by atoms with Crippen LogP contribution in [-0.2, 0) is 4.79 Å². The Morgan fingerprint density at radius 2 is 2.50 bits per heavy atom. The van der Waals surface area contributed by atoms with Gasteiger partial charge in [-0.25, -0.2) is 0 Å². The largest absolute Gasteiger partial charge is 0.369 e. The number of nitrogens with two attached hydrogens (primary N) is 1. The van der Waals surface area contributed by atoms with Crippen LogP contribution in [0.3, 0.4) is 0 Å². The number of rotatable bonds is 0. The third kappa shape index (κ3) is 1.10. The lowest BCUT2D eigenvalue weighted by atomic mass is 10.4. The Bertz CT molecular complexity index is 176. The highest BCUT2D eigenvalue weighted by Crippen LogP contribution is 2.07. The van der Waals surface area contributed by atoms with E-state index in [1.54, 1.807) is 7.05 Å². The molecule has 4 nitrogen and oxygen atoms in total. The zero-order chi connectivity index (χ0) is 7.56. The molecule has 0 aliphatic carbocycles. The van der Waals surface area contributed by atoms with E-state index in [2.05, 4.69) is 4.99 Å². The lowest BCUT2D eigenvalue weighted by Gasteiger charge is -2.12. The van der Waals surface area contributed by atoms with Crippen molar-refractivity contribution in [2.24, 2.45) is 10.7 Å². The molecule has 1 heterocycles. The number of amides is 1. The summed E-state index contributed by atoms with van der Waals surface area (Å²) in [7, 11) is 1.58. The minimum atomic E-state index is 0.0862. The molecule has 4 heteroatoms. The number of likely N-dealkylation sites (tertiary alicyclic amines) is 1. The lowest BCUT2D eigenvalue weighted by molar-refractivity contribution is -0.124. The maximum absolute atomic E-state index is 10.9. The molecule has 1 aliphatic rings. The molecule has 2 N–H and O–H groups in total. The molecule has 0 saturated carbocycles. The predicted molar refractivity (Wildman–Crippen MR) is 38.5 cm³/mol. The normalized spacial score (nSPS) is 20.3. The van der Waals surface area contributed by atoms with Gasteiger partial charge in [0.2, 0.25) is 5.91 Å². The second-order valence-corrected chi connectivity index (χ2v) is 2.23. The van der Waals surface area contributed by atoms with Gasteiger partial charge in [0.05, 0.1) is 0 Å². The van der Waals surface area contributed by atoms with Crippen LogP contribution in [-0.4, -0.2) is 30.4 Å². The van der Waals surface area contributed by atoms with Gasteiger partial charge in [0.1, 0.15) is 0 Å². The first-order valence-corrected chi connectivity index (χ1v) is 3.28. The van der Waals surface area contributed by atoms with Gasteiger partial charge in [0, 0.05) is 20.0 Å². The molecule has 0 aromatic carbocycles. The molecule has 1 amide bonds. The topological polar surface area (TPSA) is 58.7 Å². The van der Waals surface area contributed by atoms with Crippen molar-refractivity contribution in [1.29, 1.82) is 0 Å². The molecule has 1 rings (SSSR count). The predicted octanol–water partition coefficient (Wildman–Crippen LogP) is -0.447. The Balaban J connectivity index is 2.64. The van der Waals surface area contributed by atoms with Gasteiger partial charge >= 0.3 is 0 Å². The molecule has 1 aliphatic heterocycles. The van der Waals surface area contributed by atoms with Crippen molar-refractivity contribution in [2.75, 3.05) is 13.6 Å². The summed E-state index contributed by atoms with van der Waals surface area (Å²) in [6.45, 7) is 0.724. The summed E-state index contributed by atoms with van der Waals surface area (Å²) in [4.78, 5) is 16.2. The molecular formula is C6H11N3O. The second kappa shape index (κ2) is 2.68. The highest BCUT2D eigenvalue weighted by atomic mass is 16.2. The zero-order valence-corrected chi connectivity index (χ0v) is 6.00. The fourth-order valence-corrected chi connectivity index (χ4v) is 1.01. The van der Waals surface area contributed by atoms with E-state index in [0.717, 1.165) is 13.0 Å². The molecule has 0 unspecified atom stereocenters. The van der Waals surface area contributed by atoms with Crippen LogP contribution in [0, 0.1) is 0 Å². The van der Waals surface area contributed by atoms with Crippen molar-refractivity contribution in [3.8, 4) is 0 Å². The van der Waals surface area contributed by atoms with E-state index in [-0.39, 0.29) is 5.91 Å². The van der Waals surface area contributed by atoms with Crippen molar-refractivity contribution in [1.82, 2.24) is 4.90 Å². The maximum atomic E-state index is 10.9. The molecule has 0 aromatic rings. The van der Waals surface area contributed by atoms with E-state index >= 15 is 0 Å². The first-order chi connectivity index (χ1) is 4.75. The number of carbonyl (C=O) groups is 1. The first-order valence-electron chi connectivity index (χ1n) is 3.28. The minimum Gasteiger partial charge on any atom is -0.369 e. The van der Waals surface area contributed by atoms with Crippen LogP contribution in [0.4, 0.5) is 0 Å². The summed E-state index contributed by atoms with van der Waals surface area (Å²) < 4.78 is 0. The number of nitrogens with zero attached hydrogens (tertiary/aromatic N) is 2. The van der Waals surface area contributed by atoms with Crippen molar-refractivity contribution >= 4 is 11.9 Å². The summed E-state index contributed by atoms with van der Waals surface area (Å²) in [6, 6.07) is 0.